The highest BCUT2D eigenvalue weighted by Crippen LogP contribution is 2.25. The van der Waals surface area contributed by atoms with Gasteiger partial charge in [-0.05, 0) is 48.9 Å². The van der Waals surface area contributed by atoms with Crippen LogP contribution in [-0.2, 0) is 17.6 Å². The molecule has 0 heterocycles. The van der Waals surface area contributed by atoms with Gasteiger partial charge >= 0.3 is 0 Å². The highest BCUT2D eigenvalue weighted by atomic mass is 16.5. The van der Waals surface area contributed by atoms with E-state index in [0.717, 1.165) is 18.6 Å². The van der Waals surface area contributed by atoms with Gasteiger partial charge < -0.3 is 9.64 Å². The fourth-order valence-electron chi connectivity index (χ4n) is 2.59. The number of nitriles is 1. The Balaban J connectivity index is 1.78. The molecular weight excluding hydrogens is 264 g/mol. The summed E-state index contributed by atoms with van der Waals surface area (Å²) in [5.74, 6) is 0.867. The van der Waals surface area contributed by atoms with Crippen LogP contribution in [0.4, 0.5) is 0 Å². The van der Waals surface area contributed by atoms with Gasteiger partial charge in [-0.15, -0.1) is 0 Å². The van der Waals surface area contributed by atoms with E-state index < -0.39 is 0 Å². The van der Waals surface area contributed by atoms with E-state index in [9.17, 15) is 4.79 Å². The molecule has 0 aliphatic heterocycles. The standard InChI is InChI=1S/C17H22N2O2/c1-19(11-4-10-18)17(20)9-12-21-16-8-7-14-5-2-3-6-15(14)13-16/h7-8,13H,2-6,9,11-12H2,1H3. The molecule has 0 saturated heterocycles. The van der Waals surface area contributed by atoms with Gasteiger partial charge in [0, 0.05) is 13.6 Å². The van der Waals surface area contributed by atoms with E-state index in [1.54, 1.807) is 11.9 Å². The van der Waals surface area contributed by atoms with Crippen LogP contribution in [-0.4, -0.2) is 31.0 Å². The summed E-state index contributed by atoms with van der Waals surface area (Å²) in [6.07, 6.45) is 5.53. The molecule has 0 radical (unpaired) electrons. The van der Waals surface area contributed by atoms with Gasteiger partial charge in [-0.1, -0.05) is 6.07 Å². The van der Waals surface area contributed by atoms with E-state index >= 15 is 0 Å². The number of aryl methyl sites for hydroxylation is 2. The largest absolute Gasteiger partial charge is 0.493 e. The second kappa shape index (κ2) is 7.68. The number of ether oxygens (including phenoxy) is 1. The van der Waals surface area contributed by atoms with Gasteiger partial charge in [-0.2, -0.15) is 5.26 Å². The van der Waals surface area contributed by atoms with Crippen LogP contribution < -0.4 is 4.74 Å². The topological polar surface area (TPSA) is 53.3 Å². The quantitative estimate of drug-likeness (QED) is 0.808. The lowest BCUT2D eigenvalue weighted by atomic mass is 9.92. The van der Waals surface area contributed by atoms with Crippen molar-refractivity contribution in [1.82, 2.24) is 4.90 Å². The Morgan fingerprint density at radius 1 is 1.33 bits per heavy atom. The maximum absolute atomic E-state index is 11.8. The average Bonchev–Trinajstić information content (AvgIpc) is 2.52. The molecule has 0 N–H and O–H groups in total. The minimum absolute atomic E-state index is 0.0169. The lowest BCUT2D eigenvalue weighted by molar-refractivity contribution is -0.130. The normalized spacial score (nSPS) is 13.1. The summed E-state index contributed by atoms with van der Waals surface area (Å²) >= 11 is 0. The van der Waals surface area contributed by atoms with E-state index in [2.05, 4.69) is 12.1 Å². The van der Waals surface area contributed by atoms with E-state index in [4.69, 9.17) is 10.00 Å². The van der Waals surface area contributed by atoms with Crippen molar-refractivity contribution in [3.63, 3.8) is 0 Å². The molecule has 0 saturated carbocycles. The number of hydrogen-bond donors (Lipinski definition) is 0. The van der Waals surface area contributed by atoms with Gasteiger partial charge in [0.15, 0.2) is 0 Å². The summed E-state index contributed by atoms with van der Waals surface area (Å²) in [5, 5.41) is 8.51. The van der Waals surface area contributed by atoms with Gasteiger partial charge in [0.1, 0.15) is 5.75 Å². The molecule has 1 aliphatic rings. The number of carbonyl (C=O) groups is 1. The summed E-state index contributed by atoms with van der Waals surface area (Å²) in [6, 6.07) is 8.29. The van der Waals surface area contributed by atoms with Crippen LogP contribution in [0.15, 0.2) is 18.2 Å². The number of fused-ring (bicyclic) bond motifs is 1. The van der Waals surface area contributed by atoms with Crippen molar-refractivity contribution in [1.29, 1.82) is 5.26 Å². The van der Waals surface area contributed by atoms with Crippen molar-refractivity contribution < 1.29 is 9.53 Å². The van der Waals surface area contributed by atoms with Crippen molar-refractivity contribution in [2.24, 2.45) is 0 Å². The van der Waals surface area contributed by atoms with Crippen LogP contribution in [0.3, 0.4) is 0 Å². The summed E-state index contributed by atoms with van der Waals surface area (Å²) in [5.41, 5.74) is 2.82. The summed E-state index contributed by atoms with van der Waals surface area (Å²) in [4.78, 5) is 13.4. The first kappa shape index (κ1) is 15.4. The zero-order chi connectivity index (χ0) is 15.1. The number of rotatable bonds is 6. The molecular formula is C17H22N2O2. The van der Waals surface area contributed by atoms with Crippen LogP contribution in [0.5, 0.6) is 5.75 Å². The van der Waals surface area contributed by atoms with Gasteiger partial charge in [-0.3, -0.25) is 4.79 Å². The highest BCUT2D eigenvalue weighted by Gasteiger charge is 2.11. The summed E-state index contributed by atoms with van der Waals surface area (Å²) < 4.78 is 5.68. The van der Waals surface area contributed by atoms with Crippen molar-refractivity contribution >= 4 is 5.91 Å². The Morgan fingerprint density at radius 2 is 2.10 bits per heavy atom. The predicted octanol–water partition coefficient (Wildman–Crippen LogP) is 2.71. The molecule has 0 atom stereocenters. The minimum Gasteiger partial charge on any atom is -0.493 e. The molecule has 0 spiro atoms. The van der Waals surface area contributed by atoms with E-state index in [0.29, 0.717) is 26.0 Å². The predicted molar refractivity (Wildman–Crippen MR) is 81.1 cm³/mol. The third-order valence-electron chi connectivity index (χ3n) is 3.89. The molecule has 0 bridgehead atoms. The Bertz CT molecular complexity index is 534. The molecule has 1 aromatic rings. The summed E-state index contributed by atoms with van der Waals surface area (Å²) in [6.45, 7) is 0.864. The highest BCUT2D eigenvalue weighted by molar-refractivity contribution is 5.75. The number of benzene rings is 1. The van der Waals surface area contributed by atoms with E-state index in [1.807, 2.05) is 12.1 Å². The third-order valence-corrected chi connectivity index (χ3v) is 3.89. The Hall–Kier alpha value is -2.02. The Morgan fingerprint density at radius 3 is 2.86 bits per heavy atom. The molecule has 1 aliphatic carbocycles. The van der Waals surface area contributed by atoms with E-state index in [-0.39, 0.29) is 5.91 Å². The fraction of sp³-hybridized carbons (Fsp3) is 0.529. The molecule has 1 aromatic carbocycles. The lowest BCUT2D eigenvalue weighted by Crippen LogP contribution is -2.28. The molecule has 4 nitrogen and oxygen atoms in total. The minimum atomic E-state index is 0.0169. The zero-order valence-electron chi connectivity index (χ0n) is 12.6. The third kappa shape index (κ3) is 4.49. The van der Waals surface area contributed by atoms with Crippen molar-refractivity contribution in [2.45, 2.75) is 38.5 Å². The van der Waals surface area contributed by atoms with Crippen LogP contribution in [0.1, 0.15) is 36.8 Å². The van der Waals surface area contributed by atoms with Crippen molar-refractivity contribution in [3.05, 3.63) is 29.3 Å². The van der Waals surface area contributed by atoms with Gasteiger partial charge in [-0.25, -0.2) is 0 Å². The molecule has 4 heteroatoms. The van der Waals surface area contributed by atoms with Crippen molar-refractivity contribution in [2.75, 3.05) is 20.2 Å². The fourth-order valence-corrected chi connectivity index (χ4v) is 2.59. The van der Waals surface area contributed by atoms with Gasteiger partial charge in [0.25, 0.3) is 0 Å². The maximum atomic E-state index is 11.8. The second-order valence-electron chi connectivity index (χ2n) is 5.46. The van der Waals surface area contributed by atoms with E-state index in [1.165, 1.54) is 24.0 Å². The Labute approximate surface area is 126 Å². The molecule has 112 valence electrons. The molecule has 0 unspecified atom stereocenters. The van der Waals surface area contributed by atoms with Crippen LogP contribution in [0.2, 0.25) is 0 Å². The second-order valence-corrected chi connectivity index (χ2v) is 5.46. The van der Waals surface area contributed by atoms with Crippen LogP contribution in [0.25, 0.3) is 0 Å². The molecule has 0 aromatic heterocycles. The van der Waals surface area contributed by atoms with Crippen LogP contribution >= 0.6 is 0 Å². The number of hydrogen-bond acceptors (Lipinski definition) is 3. The first-order valence-corrected chi connectivity index (χ1v) is 7.56. The zero-order valence-corrected chi connectivity index (χ0v) is 12.6. The van der Waals surface area contributed by atoms with Gasteiger partial charge in [0.2, 0.25) is 5.91 Å². The first-order chi connectivity index (χ1) is 10.2. The molecule has 1 amide bonds. The van der Waals surface area contributed by atoms with Gasteiger partial charge in [0.05, 0.1) is 25.5 Å². The molecule has 2 rings (SSSR count). The smallest absolute Gasteiger partial charge is 0.225 e. The van der Waals surface area contributed by atoms with Crippen molar-refractivity contribution in [3.8, 4) is 11.8 Å². The lowest BCUT2D eigenvalue weighted by Gasteiger charge is -2.18. The SMILES string of the molecule is CN(CCC#N)C(=O)CCOc1ccc2c(c1)CCCC2. The summed E-state index contributed by atoms with van der Waals surface area (Å²) in [7, 11) is 1.72. The number of carbonyl (C=O) groups excluding carboxylic acids is 1. The molecule has 0 fully saturated rings. The van der Waals surface area contributed by atoms with Crippen LogP contribution in [0, 0.1) is 11.3 Å². The Kier molecular flexibility index (Phi) is 5.62. The maximum Gasteiger partial charge on any atom is 0.225 e. The average molecular weight is 286 g/mol. The number of amides is 1. The monoisotopic (exact) mass is 286 g/mol. The number of nitrogens with zero attached hydrogens (tertiary/aromatic N) is 2. The first-order valence-electron chi connectivity index (χ1n) is 7.56. The molecule has 21 heavy (non-hydrogen) atoms.